The van der Waals surface area contributed by atoms with Gasteiger partial charge in [-0.3, -0.25) is 4.72 Å². The van der Waals surface area contributed by atoms with Crippen molar-refractivity contribution in [2.45, 2.75) is 18.2 Å². The summed E-state index contributed by atoms with van der Waals surface area (Å²) in [5.41, 5.74) is -0.324. The topological polar surface area (TPSA) is 96.4 Å². The van der Waals surface area contributed by atoms with Crippen molar-refractivity contribution in [3.63, 3.8) is 0 Å². The van der Waals surface area contributed by atoms with Crippen molar-refractivity contribution in [2.24, 2.45) is 0 Å². The van der Waals surface area contributed by atoms with Crippen molar-refractivity contribution in [1.82, 2.24) is 4.98 Å². The quantitative estimate of drug-likeness (QED) is 0.665. The summed E-state index contributed by atoms with van der Waals surface area (Å²) in [6.07, 6.45) is 7.01. The van der Waals surface area contributed by atoms with Crippen LogP contribution in [0.4, 0.5) is 15.2 Å². The molecule has 0 unspecified atom stereocenters. The van der Waals surface area contributed by atoms with Crippen LogP contribution in [-0.2, 0) is 20.0 Å². The Bertz CT molecular complexity index is 1010. The number of halogens is 1. The fourth-order valence-electron chi connectivity index (χ4n) is 2.03. The summed E-state index contributed by atoms with van der Waals surface area (Å²) in [4.78, 5) is 3.56. The molecule has 1 aromatic carbocycles. The minimum Gasteiger partial charge on any atom is -0.281 e. The summed E-state index contributed by atoms with van der Waals surface area (Å²) < 4.78 is 66.3. The third-order valence-electron chi connectivity index (χ3n) is 3.13. The second-order valence-corrected chi connectivity index (χ2v) is 9.67. The zero-order chi connectivity index (χ0) is 19.4. The molecule has 2 rings (SSSR count). The first-order valence-electron chi connectivity index (χ1n) is 7.37. The highest BCUT2D eigenvalue weighted by atomic mass is 32.2. The molecule has 0 saturated carbocycles. The summed E-state index contributed by atoms with van der Waals surface area (Å²) in [5, 5.41) is 1.73. The number of aromatic nitrogens is 1. The Kier molecular flexibility index (Phi) is 6.22. The Morgan fingerprint density at radius 3 is 2.62 bits per heavy atom. The Balaban J connectivity index is 2.39. The average Bonchev–Trinajstić information content (AvgIpc) is 3.08. The molecule has 7 nitrogen and oxygen atoms in total. The highest BCUT2D eigenvalue weighted by Gasteiger charge is 2.27. The van der Waals surface area contributed by atoms with Gasteiger partial charge in [-0.25, -0.2) is 30.5 Å². The van der Waals surface area contributed by atoms with Crippen LogP contribution in [-0.4, -0.2) is 34.1 Å². The molecule has 0 aliphatic heterocycles. The first-order valence-corrected chi connectivity index (χ1v) is 11.3. The molecule has 26 heavy (non-hydrogen) atoms. The predicted octanol–water partition coefficient (Wildman–Crippen LogP) is 2.26. The van der Waals surface area contributed by atoms with E-state index in [1.54, 1.807) is 12.3 Å². The monoisotopic (exact) mass is 417 g/mol. The number of nitrogens with one attached hydrogen (secondary N) is 1. The van der Waals surface area contributed by atoms with Crippen molar-refractivity contribution in [2.75, 3.05) is 21.3 Å². The highest BCUT2D eigenvalue weighted by molar-refractivity contribution is 7.93. The van der Waals surface area contributed by atoms with E-state index < -0.39 is 25.9 Å². The van der Waals surface area contributed by atoms with Crippen LogP contribution in [0.25, 0.3) is 0 Å². The van der Waals surface area contributed by atoms with Crippen LogP contribution < -0.4 is 9.03 Å². The Hall–Kier alpha value is -2.16. The summed E-state index contributed by atoms with van der Waals surface area (Å²) >= 11 is 1.07. The molecule has 2 aromatic rings. The maximum absolute atomic E-state index is 14.3. The molecule has 0 fully saturated rings. The molecule has 140 valence electrons. The summed E-state index contributed by atoms with van der Waals surface area (Å²) in [7, 11) is -7.86. The number of rotatable bonds is 8. The molecule has 11 heteroatoms. The fraction of sp³-hybridized carbons (Fsp3) is 0.267. The van der Waals surface area contributed by atoms with Gasteiger partial charge < -0.3 is 0 Å². The first kappa shape index (κ1) is 20.2. The molecule has 0 aliphatic carbocycles. The summed E-state index contributed by atoms with van der Waals surface area (Å²) in [5.74, 6) is 1.05. The molecule has 1 N–H and O–H groups in total. The largest absolute Gasteiger partial charge is 0.281 e. The van der Waals surface area contributed by atoms with Gasteiger partial charge >= 0.3 is 0 Å². The molecule has 0 atom stereocenters. The molecule has 0 spiro atoms. The molecule has 0 radical (unpaired) electrons. The normalized spacial score (nSPS) is 11.7. The number of benzene rings is 1. The third kappa shape index (κ3) is 4.51. The lowest BCUT2D eigenvalue weighted by Crippen LogP contribution is -2.31. The van der Waals surface area contributed by atoms with Crippen molar-refractivity contribution in [1.29, 1.82) is 0 Å². The van der Waals surface area contributed by atoms with Gasteiger partial charge in [0.25, 0.3) is 10.0 Å². The minimum atomic E-state index is -4.16. The van der Waals surface area contributed by atoms with Crippen LogP contribution in [0.2, 0.25) is 0 Å². The van der Waals surface area contributed by atoms with Crippen LogP contribution in [0.5, 0.6) is 0 Å². The van der Waals surface area contributed by atoms with E-state index in [2.05, 4.69) is 15.6 Å². The van der Waals surface area contributed by atoms with Crippen molar-refractivity contribution >= 4 is 42.2 Å². The molecule has 1 heterocycles. The lowest BCUT2D eigenvalue weighted by Gasteiger charge is -2.19. The van der Waals surface area contributed by atoms with Gasteiger partial charge in [0.1, 0.15) is 5.82 Å². The van der Waals surface area contributed by atoms with Gasteiger partial charge in [0.15, 0.2) is 5.13 Å². The standard InChI is InChI=1S/C15H16FN3O4S3/c1-3-8-19(15-17-7-9-24-15)26(22,23)12-5-6-14(13(16)11-12)18-25(20,21)10-4-2/h1,5-7,9,11,18H,4,8,10H2,2H3. The van der Waals surface area contributed by atoms with Crippen LogP contribution in [0.15, 0.2) is 34.7 Å². The maximum Gasteiger partial charge on any atom is 0.267 e. The van der Waals surface area contributed by atoms with Gasteiger partial charge in [-0.05, 0) is 24.6 Å². The molecule has 1 aromatic heterocycles. The second kappa shape index (κ2) is 8.03. The SMILES string of the molecule is C#CCN(c1nccs1)S(=O)(=O)c1ccc(NS(=O)(=O)CCC)c(F)c1. The van der Waals surface area contributed by atoms with Crippen LogP contribution in [0.1, 0.15) is 13.3 Å². The minimum absolute atomic E-state index is 0.149. The van der Waals surface area contributed by atoms with E-state index in [1.165, 1.54) is 6.20 Å². The summed E-state index contributed by atoms with van der Waals surface area (Å²) in [6.45, 7) is 1.40. The van der Waals surface area contributed by atoms with E-state index in [1.807, 2.05) is 0 Å². The summed E-state index contributed by atoms with van der Waals surface area (Å²) in [6, 6.07) is 2.92. The maximum atomic E-state index is 14.3. The smallest absolute Gasteiger partial charge is 0.267 e. The van der Waals surface area contributed by atoms with Gasteiger partial charge in [-0.2, -0.15) is 0 Å². The number of terminal acetylenes is 1. The van der Waals surface area contributed by atoms with Gasteiger partial charge in [0.2, 0.25) is 10.0 Å². The van der Waals surface area contributed by atoms with E-state index in [9.17, 15) is 21.2 Å². The van der Waals surface area contributed by atoms with E-state index in [-0.39, 0.29) is 28.0 Å². The molecular weight excluding hydrogens is 401 g/mol. The average molecular weight is 418 g/mol. The van der Waals surface area contributed by atoms with Crippen molar-refractivity contribution < 1.29 is 21.2 Å². The zero-order valence-corrected chi connectivity index (χ0v) is 16.2. The van der Waals surface area contributed by atoms with Gasteiger partial charge in [-0.15, -0.1) is 17.8 Å². The number of nitrogens with zero attached hydrogens (tertiary/aromatic N) is 2. The lowest BCUT2D eigenvalue weighted by atomic mass is 10.3. The van der Waals surface area contributed by atoms with Crippen LogP contribution >= 0.6 is 11.3 Å². The van der Waals surface area contributed by atoms with Gasteiger partial charge in [-0.1, -0.05) is 12.8 Å². The molecule has 0 bridgehead atoms. The van der Waals surface area contributed by atoms with Crippen LogP contribution in [0, 0.1) is 18.2 Å². The Morgan fingerprint density at radius 1 is 1.35 bits per heavy atom. The number of hydrogen-bond acceptors (Lipinski definition) is 6. The number of thiazole rings is 1. The highest BCUT2D eigenvalue weighted by Crippen LogP contribution is 2.27. The molecule has 0 aliphatic rings. The Morgan fingerprint density at radius 2 is 2.08 bits per heavy atom. The van der Waals surface area contributed by atoms with E-state index >= 15 is 0 Å². The fourth-order valence-corrected chi connectivity index (χ4v) is 5.39. The van der Waals surface area contributed by atoms with E-state index in [0.717, 1.165) is 33.8 Å². The predicted molar refractivity (Wildman–Crippen MR) is 99.6 cm³/mol. The first-order chi connectivity index (χ1) is 12.2. The lowest BCUT2D eigenvalue weighted by molar-refractivity contribution is 0.588. The Labute approximate surface area is 156 Å². The molecule has 0 amide bonds. The number of sulfonamides is 2. The zero-order valence-electron chi connectivity index (χ0n) is 13.7. The number of hydrogen-bond donors (Lipinski definition) is 1. The van der Waals surface area contributed by atoms with Crippen LogP contribution in [0.3, 0.4) is 0 Å². The van der Waals surface area contributed by atoms with Crippen molar-refractivity contribution in [3.8, 4) is 12.3 Å². The second-order valence-electron chi connectivity index (χ2n) is 5.09. The van der Waals surface area contributed by atoms with Gasteiger partial charge in [0, 0.05) is 11.6 Å². The van der Waals surface area contributed by atoms with Crippen molar-refractivity contribution in [3.05, 3.63) is 35.6 Å². The molecule has 0 saturated heterocycles. The van der Waals surface area contributed by atoms with Gasteiger partial charge in [0.05, 0.1) is 22.9 Å². The van der Waals surface area contributed by atoms with E-state index in [0.29, 0.717) is 6.42 Å². The third-order valence-corrected chi connectivity index (χ3v) is 7.25. The molecular formula is C15H16FN3O4S3. The number of anilines is 2. The van der Waals surface area contributed by atoms with E-state index in [4.69, 9.17) is 6.42 Å².